The fraction of sp³-hybridized carbons (Fsp3) is 0.118. The molecule has 2 aromatic carbocycles. The molecule has 5 nitrogen and oxygen atoms in total. The van der Waals surface area contributed by atoms with Gasteiger partial charge >= 0.3 is 0 Å². The molecule has 0 saturated carbocycles. The van der Waals surface area contributed by atoms with Gasteiger partial charge in [0.15, 0.2) is 5.82 Å². The number of aromatic nitrogens is 3. The molecule has 0 aliphatic heterocycles. The third kappa shape index (κ3) is 2.61. The van der Waals surface area contributed by atoms with Gasteiger partial charge in [-0.3, -0.25) is 4.79 Å². The lowest BCUT2D eigenvalue weighted by Gasteiger charge is -2.07. The maximum Gasteiger partial charge on any atom is 0.288 e. The Balaban J connectivity index is 2.22. The van der Waals surface area contributed by atoms with Gasteiger partial charge in [-0.25, -0.2) is 9.67 Å². The summed E-state index contributed by atoms with van der Waals surface area (Å²) in [6.07, 6.45) is 0. The third-order valence-electron chi connectivity index (χ3n) is 3.35. The smallest absolute Gasteiger partial charge is 0.288 e. The Kier molecular flexibility index (Phi) is 3.47. The zero-order chi connectivity index (χ0) is 15.7. The van der Waals surface area contributed by atoms with Gasteiger partial charge in [-0.2, -0.15) is 0 Å². The number of aryl methyl sites for hydroxylation is 2. The van der Waals surface area contributed by atoms with E-state index in [1.54, 1.807) is 4.68 Å². The van der Waals surface area contributed by atoms with Crippen molar-refractivity contribution in [2.45, 2.75) is 13.8 Å². The summed E-state index contributed by atoms with van der Waals surface area (Å²) >= 11 is 0. The van der Waals surface area contributed by atoms with Crippen LogP contribution in [-0.2, 0) is 0 Å². The first-order chi connectivity index (χ1) is 10.5. The summed E-state index contributed by atoms with van der Waals surface area (Å²) in [5, 5.41) is 4.26. The van der Waals surface area contributed by atoms with Crippen molar-refractivity contribution in [2.24, 2.45) is 5.73 Å². The van der Waals surface area contributed by atoms with Crippen LogP contribution in [0.3, 0.4) is 0 Å². The van der Waals surface area contributed by atoms with Crippen LogP contribution < -0.4 is 5.73 Å². The molecule has 0 aliphatic carbocycles. The molecule has 5 heteroatoms. The SMILES string of the molecule is Cc1cccc(-c2nc(C(N)=O)nn2-c2cccc(C)c2)c1. The van der Waals surface area contributed by atoms with Crippen molar-refractivity contribution in [3.63, 3.8) is 0 Å². The Morgan fingerprint density at radius 2 is 1.73 bits per heavy atom. The van der Waals surface area contributed by atoms with Gasteiger partial charge in [0, 0.05) is 5.56 Å². The van der Waals surface area contributed by atoms with Gasteiger partial charge in [0.25, 0.3) is 5.91 Å². The van der Waals surface area contributed by atoms with Crippen molar-refractivity contribution in [1.29, 1.82) is 0 Å². The number of rotatable bonds is 3. The van der Waals surface area contributed by atoms with E-state index < -0.39 is 5.91 Å². The van der Waals surface area contributed by atoms with Crippen LogP contribution in [-0.4, -0.2) is 20.7 Å². The highest BCUT2D eigenvalue weighted by Gasteiger charge is 2.16. The predicted octanol–water partition coefficient (Wildman–Crippen LogP) is 2.65. The second-order valence-electron chi connectivity index (χ2n) is 5.24. The number of nitrogens with zero attached hydrogens (tertiary/aromatic N) is 3. The molecule has 3 rings (SSSR count). The fourth-order valence-electron chi connectivity index (χ4n) is 2.33. The molecule has 0 unspecified atom stereocenters. The number of hydrogen-bond acceptors (Lipinski definition) is 3. The molecule has 0 aliphatic rings. The molecule has 22 heavy (non-hydrogen) atoms. The molecule has 3 aromatic rings. The lowest BCUT2D eigenvalue weighted by molar-refractivity contribution is 0.0990. The average Bonchev–Trinajstić information content (AvgIpc) is 2.92. The second kappa shape index (κ2) is 5.44. The lowest BCUT2D eigenvalue weighted by atomic mass is 10.1. The minimum Gasteiger partial charge on any atom is -0.363 e. The first-order valence-corrected chi connectivity index (χ1v) is 6.95. The maximum atomic E-state index is 11.4. The fourth-order valence-corrected chi connectivity index (χ4v) is 2.33. The molecule has 0 spiro atoms. The summed E-state index contributed by atoms with van der Waals surface area (Å²) < 4.78 is 1.65. The van der Waals surface area contributed by atoms with Crippen molar-refractivity contribution in [1.82, 2.24) is 14.8 Å². The highest BCUT2D eigenvalue weighted by atomic mass is 16.1. The Labute approximate surface area is 128 Å². The van der Waals surface area contributed by atoms with Gasteiger partial charge in [-0.05, 0) is 37.6 Å². The number of benzene rings is 2. The Hall–Kier alpha value is -2.95. The Bertz CT molecular complexity index is 788. The van der Waals surface area contributed by atoms with Crippen LogP contribution in [0.5, 0.6) is 0 Å². The highest BCUT2D eigenvalue weighted by molar-refractivity contribution is 5.89. The van der Waals surface area contributed by atoms with Crippen molar-refractivity contribution in [3.05, 3.63) is 65.5 Å². The summed E-state index contributed by atoms with van der Waals surface area (Å²) in [5.74, 6) is -0.0265. The van der Waals surface area contributed by atoms with Crippen LogP contribution in [0.4, 0.5) is 0 Å². The molecule has 0 atom stereocenters. The van der Waals surface area contributed by atoms with E-state index in [4.69, 9.17) is 5.73 Å². The number of amides is 1. The molecule has 1 aromatic heterocycles. The summed E-state index contributed by atoms with van der Waals surface area (Å²) in [4.78, 5) is 15.8. The molecule has 1 heterocycles. The third-order valence-corrected chi connectivity index (χ3v) is 3.35. The van der Waals surface area contributed by atoms with Crippen LogP contribution in [0.1, 0.15) is 21.7 Å². The molecular weight excluding hydrogens is 276 g/mol. The summed E-state index contributed by atoms with van der Waals surface area (Å²) in [5.41, 5.74) is 9.28. The number of nitrogens with two attached hydrogens (primary N) is 1. The first-order valence-electron chi connectivity index (χ1n) is 6.95. The van der Waals surface area contributed by atoms with E-state index in [1.807, 2.05) is 62.4 Å². The zero-order valence-electron chi connectivity index (χ0n) is 12.4. The quantitative estimate of drug-likeness (QED) is 0.806. The van der Waals surface area contributed by atoms with Gasteiger partial charge in [0.05, 0.1) is 5.69 Å². The van der Waals surface area contributed by atoms with E-state index in [1.165, 1.54) is 0 Å². The summed E-state index contributed by atoms with van der Waals surface area (Å²) in [7, 11) is 0. The topological polar surface area (TPSA) is 73.8 Å². The molecule has 110 valence electrons. The van der Waals surface area contributed by atoms with Gasteiger partial charge in [-0.1, -0.05) is 35.9 Å². The second-order valence-corrected chi connectivity index (χ2v) is 5.24. The van der Waals surface area contributed by atoms with E-state index in [9.17, 15) is 4.79 Å². The standard InChI is InChI=1S/C17H16N4O/c1-11-5-3-7-13(9-11)17-19-16(15(18)22)20-21(17)14-8-4-6-12(2)10-14/h3-10H,1-2H3,(H2,18,22). The molecule has 0 bridgehead atoms. The lowest BCUT2D eigenvalue weighted by Crippen LogP contribution is -2.13. The first kappa shape index (κ1) is 14.0. The van der Waals surface area contributed by atoms with Crippen molar-refractivity contribution in [3.8, 4) is 17.1 Å². The summed E-state index contributed by atoms with van der Waals surface area (Å²) in [6, 6.07) is 15.7. The van der Waals surface area contributed by atoms with Crippen molar-refractivity contribution in [2.75, 3.05) is 0 Å². The van der Waals surface area contributed by atoms with E-state index in [0.717, 1.165) is 22.4 Å². The van der Waals surface area contributed by atoms with E-state index in [0.29, 0.717) is 5.82 Å². The molecule has 0 saturated heterocycles. The van der Waals surface area contributed by atoms with Crippen LogP contribution in [0.2, 0.25) is 0 Å². The van der Waals surface area contributed by atoms with E-state index in [-0.39, 0.29) is 5.82 Å². The van der Waals surface area contributed by atoms with E-state index in [2.05, 4.69) is 10.1 Å². The normalized spacial score (nSPS) is 10.6. The van der Waals surface area contributed by atoms with Crippen molar-refractivity contribution >= 4 is 5.91 Å². The average molecular weight is 292 g/mol. The van der Waals surface area contributed by atoms with Gasteiger partial charge in [0.1, 0.15) is 0 Å². The van der Waals surface area contributed by atoms with Gasteiger partial charge in [0.2, 0.25) is 5.82 Å². The molecule has 0 fully saturated rings. The van der Waals surface area contributed by atoms with Crippen LogP contribution in [0.25, 0.3) is 17.1 Å². The number of primary amides is 1. The maximum absolute atomic E-state index is 11.4. The monoisotopic (exact) mass is 292 g/mol. The van der Waals surface area contributed by atoms with Crippen molar-refractivity contribution < 1.29 is 4.79 Å². The Morgan fingerprint density at radius 1 is 1.05 bits per heavy atom. The van der Waals surface area contributed by atoms with Crippen LogP contribution in [0, 0.1) is 13.8 Å². The minimum absolute atomic E-state index is 0.0120. The Morgan fingerprint density at radius 3 is 2.36 bits per heavy atom. The molecule has 0 radical (unpaired) electrons. The summed E-state index contributed by atoms with van der Waals surface area (Å²) in [6.45, 7) is 4.01. The van der Waals surface area contributed by atoms with Crippen LogP contribution in [0.15, 0.2) is 48.5 Å². The van der Waals surface area contributed by atoms with Gasteiger partial charge < -0.3 is 5.73 Å². The number of carbonyl (C=O) groups excluding carboxylic acids is 1. The molecular formula is C17H16N4O. The highest BCUT2D eigenvalue weighted by Crippen LogP contribution is 2.22. The van der Waals surface area contributed by atoms with E-state index >= 15 is 0 Å². The largest absolute Gasteiger partial charge is 0.363 e. The molecule has 2 N–H and O–H groups in total. The zero-order valence-corrected chi connectivity index (χ0v) is 12.4. The number of carbonyl (C=O) groups is 1. The predicted molar refractivity (Wildman–Crippen MR) is 84.8 cm³/mol. The number of hydrogen-bond donors (Lipinski definition) is 1. The minimum atomic E-state index is -0.639. The van der Waals surface area contributed by atoms with Gasteiger partial charge in [-0.15, -0.1) is 5.10 Å². The van der Waals surface area contributed by atoms with Crippen LogP contribution >= 0.6 is 0 Å². The molecule has 1 amide bonds.